The summed E-state index contributed by atoms with van der Waals surface area (Å²) in [6.07, 6.45) is 0. The third-order valence-electron chi connectivity index (χ3n) is 16.2. The van der Waals surface area contributed by atoms with Crippen molar-refractivity contribution in [1.82, 2.24) is 0 Å². The van der Waals surface area contributed by atoms with Crippen molar-refractivity contribution in [2.75, 3.05) is 0 Å². The van der Waals surface area contributed by atoms with Crippen LogP contribution in [0, 0.1) is 0 Å². The first-order valence-electron chi connectivity index (χ1n) is 25.7. The molecule has 346 valence electrons. The quantitative estimate of drug-likeness (QED) is 0.164. The van der Waals surface area contributed by atoms with Crippen LogP contribution in [-0.4, -0.2) is 0 Å². The van der Waals surface area contributed by atoms with Gasteiger partial charge in [0.2, 0.25) is 0 Å². The molecule has 0 aliphatic carbocycles. The van der Waals surface area contributed by atoms with Gasteiger partial charge < -0.3 is 8.83 Å². The summed E-state index contributed by atoms with van der Waals surface area (Å²) in [5.74, 6) is 0. The number of rotatable bonds is 4. The lowest BCUT2D eigenvalue weighted by atomic mass is 9.85. The lowest BCUT2D eigenvalue weighted by molar-refractivity contribution is 0.669. The van der Waals surface area contributed by atoms with Gasteiger partial charge >= 0.3 is 0 Å². The van der Waals surface area contributed by atoms with Gasteiger partial charge in [-0.05, 0) is 152 Å². The van der Waals surface area contributed by atoms with Crippen LogP contribution >= 0.6 is 11.3 Å². The largest absolute Gasteiger partial charge is 0.456 e. The summed E-state index contributed by atoms with van der Waals surface area (Å²) < 4.78 is 15.5. The first kappa shape index (κ1) is 41.0. The van der Waals surface area contributed by atoms with Crippen molar-refractivity contribution in [3.63, 3.8) is 0 Å². The van der Waals surface area contributed by atoms with Crippen molar-refractivity contribution in [3.8, 4) is 44.5 Å². The molecule has 0 aliphatic heterocycles. The number of thiophene rings is 1. The molecule has 0 N–H and O–H groups in total. The van der Waals surface area contributed by atoms with Crippen LogP contribution in [0.4, 0.5) is 0 Å². The maximum atomic E-state index is 6.49. The van der Waals surface area contributed by atoms with Crippen LogP contribution in [0.15, 0.2) is 251 Å². The Morgan fingerprint density at radius 1 is 0.240 bits per heavy atom. The van der Waals surface area contributed by atoms with Gasteiger partial charge in [-0.3, -0.25) is 0 Å². The first-order valence-corrected chi connectivity index (χ1v) is 26.5. The summed E-state index contributed by atoms with van der Waals surface area (Å²) in [6.45, 7) is 0. The van der Waals surface area contributed by atoms with Crippen LogP contribution in [0.25, 0.3) is 173 Å². The first-order chi connectivity index (χ1) is 37.2. The molecule has 14 aromatic carbocycles. The van der Waals surface area contributed by atoms with Gasteiger partial charge in [0.15, 0.2) is 0 Å². The molecule has 0 bridgehead atoms. The Hall–Kier alpha value is -9.54. The summed E-state index contributed by atoms with van der Waals surface area (Å²) in [6, 6.07) is 89.4. The fourth-order valence-electron chi connectivity index (χ4n) is 13.0. The highest BCUT2D eigenvalue weighted by molar-refractivity contribution is 7.26. The second-order valence-electron chi connectivity index (χ2n) is 20.1. The highest BCUT2D eigenvalue weighted by Gasteiger charge is 2.23. The van der Waals surface area contributed by atoms with Gasteiger partial charge in [0.05, 0.1) is 0 Å². The second kappa shape index (κ2) is 15.5. The molecule has 0 saturated heterocycles. The van der Waals surface area contributed by atoms with E-state index in [2.05, 4.69) is 243 Å². The van der Waals surface area contributed by atoms with E-state index in [9.17, 15) is 0 Å². The van der Waals surface area contributed by atoms with E-state index in [1.54, 1.807) is 0 Å². The average Bonchev–Trinajstić information content (AvgIpc) is 4.20. The van der Waals surface area contributed by atoms with Gasteiger partial charge in [0, 0.05) is 47.3 Å². The molecule has 0 unspecified atom stereocenters. The van der Waals surface area contributed by atoms with Gasteiger partial charge in [-0.2, -0.15) is 0 Å². The number of hydrogen-bond acceptors (Lipinski definition) is 3. The van der Waals surface area contributed by atoms with Crippen molar-refractivity contribution < 1.29 is 8.83 Å². The number of furan rings is 2. The van der Waals surface area contributed by atoms with Crippen LogP contribution in [-0.2, 0) is 0 Å². The Balaban J connectivity index is 0.854. The Kier molecular flexibility index (Phi) is 8.46. The molecular formula is C72H40O2S. The lowest BCUT2D eigenvalue weighted by Gasteiger charge is -2.18. The highest BCUT2D eigenvalue weighted by Crippen LogP contribution is 2.51. The molecule has 0 amide bonds. The van der Waals surface area contributed by atoms with E-state index in [-0.39, 0.29) is 0 Å². The molecule has 3 heteroatoms. The van der Waals surface area contributed by atoms with Crippen molar-refractivity contribution >= 4 is 140 Å². The molecule has 0 atom stereocenters. The molecule has 3 aromatic heterocycles. The van der Waals surface area contributed by atoms with Gasteiger partial charge in [-0.15, -0.1) is 11.3 Å². The van der Waals surface area contributed by atoms with Crippen molar-refractivity contribution in [2.24, 2.45) is 0 Å². The van der Waals surface area contributed by atoms with Gasteiger partial charge in [-0.25, -0.2) is 0 Å². The van der Waals surface area contributed by atoms with Gasteiger partial charge in [0.1, 0.15) is 22.3 Å². The summed E-state index contributed by atoms with van der Waals surface area (Å²) in [7, 11) is 0. The molecule has 0 aliphatic rings. The number of benzene rings is 14. The normalized spacial score (nSPS) is 12.3. The number of fused-ring (bicyclic) bond motifs is 17. The predicted molar refractivity (Wildman–Crippen MR) is 321 cm³/mol. The Morgan fingerprint density at radius 2 is 0.600 bits per heavy atom. The standard InChI is InChI=1S/C72H40O2S/c1-3-16-46-41(14-1)28-35-63-70(46)59-39-43(30-33-61(59)73-63)66-48-18-5-7-20-50(48)68(51-21-8-6-19-49(51)66)45-32-37-65-58(38-45)56-26-13-27-57(72(56)75-65)69-54-24-11-9-22-52(54)67(53-23-10-12-25-55(53)69)44-31-34-62-60(40-44)71-47-17-4-2-15-42(47)29-36-64(71)74-62/h1-40H. The molecular weight excluding hydrogens is 929 g/mol. The molecule has 0 fully saturated rings. The van der Waals surface area contributed by atoms with Crippen LogP contribution in [0.1, 0.15) is 0 Å². The van der Waals surface area contributed by atoms with E-state index >= 15 is 0 Å². The lowest BCUT2D eigenvalue weighted by Crippen LogP contribution is -1.91. The molecule has 17 rings (SSSR count). The minimum absolute atomic E-state index is 0.902. The monoisotopic (exact) mass is 968 g/mol. The predicted octanol–water partition coefficient (Wildman–Crippen LogP) is 21.4. The van der Waals surface area contributed by atoms with E-state index < -0.39 is 0 Å². The zero-order chi connectivity index (χ0) is 48.9. The third-order valence-corrected chi connectivity index (χ3v) is 17.4. The molecule has 0 saturated carbocycles. The smallest absolute Gasteiger partial charge is 0.136 e. The van der Waals surface area contributed by atoms with Gasteiger partial charge in [0.25, 0.3) is 0 Å². The van der Waals surface area contributed by atoms with Crippen molar-refractivity contribution in [2.45, 2.75) is 0 Å². The molecule has 0 radical (unpaired) electrons. The van der Waals surface area contributed by atoms with E-state index in [1.807, 2.05) is 11.3 Å². The summed E-state index contributed by atoms with van der Waals surface area (Å²) in [4.78, 5) is 0. The third kappa shape index (κ3) is 5.84. The van der Waals surface area contributed by atoms with Crippen LogP contribution < -0.4 is 0 Å². The van der Waals surface area contributed by atoms with E-state index in [0.717, 1.165) is 33.1 Å². The second-order valence-corrected chi connectivity index (χ2v) is 21.2. The Bertz CT molecular complexity index is 5200. The van der Waals surface area contributed by atoms with Crippen molar-refractivity contribution in [1.29, 1.82) is 0 Å². The number of hydrogen-bond donors (Lipinski definition) is 0. The van der Waals surface area contributed by atoms with Gasteiger partial charge in [-0.1, -0.05) is 194 Å². The molecule has 17 aromatic rings. The highest BCUT2D eigenvalue weighted by atomic mass is 32.1. The van der Waals surface area contributed by atoms with E-state index in [1.165, 1.54) is 140 Å². The summed E-state index contributed by atoms with van der Waals surface area (Å²) in [5.41, 5.74) is 13.5. The zero-order valence-corrected chi connectivity index (χ0v) is 41.1. The van der Waals surface area contributed by atoms with E-state index in [0.29, 0.717) is 0 Å². The van der Waals surface area contributed by atoms with Crippen molar-refractivity contribution in [3.05, 3.63) is 243 Å². The Morgan fingerprint density at radius 3 is 1.05 bits per heavy atom. The fraction of sp³-hybridized carbons (Fsp3) is 0. The molecule has 0 spiro atoms. The van der Waals surface area contributed by atoms with Crippen LogP contribution in [0.2, 0.25) is 0 Å². The summed E-state index contributed by atoms with van der Waals surface area (Å²) in [5, 5.41) is 21.9. The minimum atomic E-state index is 0.902. The average molecular weight is 969 g/mol. The molecule has 3 heterocycles. The molecule has 75 heavy (non-hydrogen) atoms. The van der Waals surface area contributed by atoms with Crippen LogP contribution in [0.5, 0.6) is 0 Å². The topological polar surface area (TPSA) is 26.3 Å². The zero-order valence-electron chi connectivity index (χ0n) is 40.3. The SMILES string of the molecule is c1ccc2c(c1)ccc1oc3ccc(-c4c5ccccc5c(-c5ccc6sc7c(-c8c9ccccc9c(-c9ccc%10oc%11ccc%12ccccc%12c%11c%10c9)c9ccccc89)cccc7c6c5)c5ccccc45)cc3c12. The minimum Gasteiger partial charge on any atom is -0.456 e. The molecule has 2 nitrogen and oxygen atoms in total. The summed E-state index contributed by atoms with van der Waals surface area (Å²) >= 11 is 1.90. The fourth-order valence-corrected chi connectivity index (χ4v) is 14.2. The maximum absolute atomic E-state index is 6.49. The maximum Gasteiger partial charge on any atom is 0.136 e. The van der Waals surface area contributed by atoms with E-state index in [4.69, 9.17) is 8.83 Å². The Labute approximate surface area is 433 Å². The van der Waals surface area contributed by atoms with Crippen LogP contribution in [0.3, 0.4) is 0 Å².